The molecule has 1 unspecified atom stereocenters. The second kappa shape index (κ2) is 6.39. The van der Waals surface area contributed by atoms with Crippen LogP contribution >= 0.6 is 23.2 Å². The maximum absolute atomic E-state index is 12.4. The predicted octanol–water partition coefficient (Wildman–Crippen LogP) is 4.64. The van der Waals surface area contributed by atoms with Crippen molar-refractivity contribution in [2.75, 3.05) is 0 Å². The first-order valence-electron chi connectivity index (χ1n) is 5.74. The van der Waals surface area contributed by atoms with E-state index in [1.165, 1.54) is 6.07 Å². The number of alkyl halides is 2. The molecule has 2 aromatic carbocycles. The topological polar surface area (TPSA) is 35.2 Å². The Kier molecular flexibility index (Phi) is 4.81. The highest BCUT2D eigenvalue weighted by Gasteiger charge is 2.19. The van der Waals surface area contributed by atoms with Crippen LogP contribution in [0.1, 0.15) is 17.2 Å². The van der Waals surface area contributed by atoms with Crippen molar-refractivity contribution in [2.45, 2.75) is 12.7 Å². The Labute approximate surface area is 125 Å². The zero-order valence-corrected chi connectivity index (χ0v) is 11.7. The molecule has 0 aromatic heterocycles. The molecule has 0 bridgehead atoms. The van der Waals surface area contributed by atoms with Crippen LogP contribution in [0.3, 0.4) is 0 Å². The van der Waals surface area contributed by atoms with E-state index in [2.05, 4.69) is 4.74 Å². The molecule has 0 radical (unpaired) electrons. The quantitative estimate of drug-likeness (QED) is 0.891. The first kappa shape index (κ1) is 15.0. The molecule has 0 aliphatic heterocycles. The Morgan fingerprint density at radius 3 is 2.30 bits per heavy atom. The van der Waals surface area contributed by atoms with E-state index in [0.29, 0.717) is 21.2 Å². The largest absolute Gasteiger partial charge is 0.434 e. The van der Waals surface area contributed by atoms with Crippen LogP contribution in [0.25, 0.3) is 0 Å². The Morgan fingerprint density at radius 2 is 1.60 bits per heavy atom. The van der Waals surface area contributed by atoms with Gasteiger partial charge in [0.1, 0.15) is 5.75 Å². The zero-order chi connectivity index (χ0) is 14.7. The van der Waals surface area contributed by atoms with Crippen LogP contribution < -0.4 is 10.5 Å². The molecule has 0 amide bonds. The van der Waals surface area contributed by atoms with E-state index in [4.69, 9.17) is 28.9 Å². The molecule has 0 saturated carbocycles. The maximum Gasteiger partial charge on any atom is 0.387 e. The number of nitrogens with two attached hydrogens (primary N) is 1. The van der Waals surface area contributed by atoms with Gasteiger partial charge in [-0.25, -0.2) is 0 Å². The lowest BCUT2D eigenvalue weighted by atomic mass is 9.99. The van der Waals surface area contributed by atoms with Crippen LogP contribution in [0.5, 0.6) is 5.75 Å². The average molecular weight is 318 g/mol. The Bertz CT molecular complexity index is 607. The minimum Gasteiger partial charge on any atom is -0.434 e. The monoisotopic (exact) mass is 317 g/mol. The predicted molar refractivity (Wildman–Crippen MR) is 75.6 cm³/mol. The summed E-state index contributed by atoms with van der Waals surface area (Å²) in [4.78, 5) is 0. The molecule has 0 heterocycles. The van der Waals surface area contributed by atoms with Crippen LogP contribution in [-0.2, 0) is 0 Å². The third kappa shape index (κ3) is 3.20. The van der Waals surface area contributed by atoms with Crippen LogP contribution in [-0.4, -0.2) is 6.61 Å². The summed E-state index contributed by atoms with van der Waals surface area (Å²) in [5, 5.41) is 0.653. The van der Waals surface area contributed by atoms with Gasteiger partial charge in [0.2, 0.25) is 0 Å². The molecule has 106 valence electrons. The lowest BCUT2D eigenvalue weighted by Gasteiger charge is -2.18. The highest BCUT2D eigenvalue weighted by molar-refractivity contribution is 6.42. The highest BCUT2D eigenvalue weighted by atomic mass is 35.5. The van der Waals surface area contributed by atoms with Crippen LogP contribution in [0.2, 0.25) is 10.0 Å². The summed E-state index contributed by atoms with van der Waals surface area (Å²) in [6.45, 7) is -2.92. The SMILES string of the molecule is NC(c1ccccc1OC(F)F)c1cccc(Cl)c1Cl. The number of benzene rings is 2. The Balaban J connectivity index is 2.43. The van der Waals surface area contributed by atoms with Gasteiger partial charge in [0.25, 0.3) is 0 Å². The molecule has 2 rings (SSSR count). The number of hydrogen-bond acceptors (Lipinski definition) is 2. The van der Waals surface area contributed by atoms with Gasteiger partial charge in [0.05, 0.1) is 16.1 Å². The molecule has 2 nitrogen and oxygen atoms in total. The van der Waals surface area contributed by atoms with Crippen molar-refractivity contribution in [1.82, 2.24) is 0 Å². The van der Waals surface area contributed by atoms with E-state index in [1.807, 2.05) is 0 Å². The summed E-state index contributed by atoms with van der Waals surface area (Å²) in [5.41, 5.74) is 7.05. The number of para-hydroxylation sites is 1. The van der Waals surface area contributed by atoms with Gasteiger partial charge in [0, 0.05) is 5.56 Å². The van der Waals surface area contributed by atoms with Gasteiger partial charge in [-0.05, 0) is 17.7 Å². The van der Waals surface area contributed by atoms with Crippen molar-refractivity contribution in [3.63, 3.8) is 0 Å². The molecule has 2 aromatic rings. The summed E-state index contributed by atoms with van der Waals surface area (Å²) in [7, 11) is 0. The molecular formula is C14H11Cl2F2NO. The van der Waals surface area contributed by atoms with E-state index in [1.54, 1.807) is 36.4 Å². The number of hydrogen-bond donors (Lipinski definition) is 1. The molecule has 0 fully saturated rings. The van der Waals surface area contributed by atoms with Crippen LogP contribution in [0.15, 0.2) is 42.5 Å². The summed E-state index contributed by atoms with van der Waals surface area (Å²) < 4.78 is 29.3. The van der Waals surface area contributed by atoms with Crippen molar-refractivity contribution in [2.24, 2.45) is 5.73 Å². The first-order valence-corrected chi connectivity index (χ1v) is 6.49. The van der Waals surface area contributed by atoms with Crippen LogP contribution in [0.4, 0.5) is 8.78 Å². The van der Waals surface area contributed by atoms with Crippen molar-refractivity contribution in [1.29, 1.82) is 0 Å². The minimum absolute atomic E-state index is 0.0195. The second-order valence-electron chi connectivity index (χ2n) is 4.04. The normalized spacial score (nSPS) is 12.5. The van der Waals surface area contributed by atoms with Gasteiger partial charge in [0.15, 0.2) is 0 Å². The van der Waals surface area contributed by atoms with Gasteiger partial charge in [-0.1, -0.05) is 53.5 Å². The fraction of sp³-hybridized carbons (Fsp3) is 0.143. The Morgan fingerprint density at radius 1 is 0.950 bits per heavy atom. The molecule has 1 atom stereocenters. The molecule has 6 heteroatoms. The fourth-order valence-corrected chi connectivity index (χ4v) is 2.29. The zero-order valence-electron chi connectivity index (χ0n) is 10.2. The molecule has 20 heavy (non-hydrogen) atoms. The van der Waals surface area contributed by atoms with Crippen molar-refractivity contribution >= 4 is 23.2 Å². The molecule has 0 aliphatic rings. The lowest BCUT2D eigenvalue weighted by Crippen LogP contribution is -2.15. The van der Waals surface area contributed by atoms with Crippen molar-refractivity contribution in [3.8, 4) is 5.75 Å². The van der Waals surface area contributed by atoms with Gasteiger partial charge in [-0.2, -0.15) is 8.78 Å². The summed E-state index contributed by atoms with van der Waals surface area (Å²) in [6.07, 6.45) is 0. The van der Waals surface area contributed by atoms with Gasteiger partial charge >= 0.3 is 6.61 Å². The summed E-state index contributed by atoms with van der Waals surface area (Å²) >= 11 is 12.0. The average Bonchev–Trinajstić information content (AvgIpc) is 2.41. The summed E-state index contributed by atoms with van der Waals surface area (Å²) in [6, 6.07) is 10.6. The molecule has 0 saturated heterocycles. The van der Waals surface area contributed by atoms with Crippen molar-refractivity contribution in [3.05, 3.63) is 63.6 Å². The van der Waals surface area contributed by atoms with Gasteiger partial charge in [-0.15, -0.1) is 0 Å². The second-order valence-corrected chi connectivity index (χ2v) is 4.82. The van der Waals surface area contributed by atoms with E-state index in [0.717, 1.165) is 0 Å². The number of ether oxygens (including phenoxy) is 1. The van der Waals surface area contributed by atoms with Crippen molar-refractivity contribution < 1.29 is 13.5 Å². The van der Waals surface area contributed by atoms with Crippen LogP contribution in [0, 0.1) is 0 Å². The summed E-state index contributed by atoms with van der Waals surface area (Å²) in [5.74, 6) is 0.0195. The lowest BCUT2D eigenvalue weighted by molar-refractivity contribution is -0.0505. The Hall–Kier alpha value is -1.36. The number of halogens is 4. The first-order chi connectivity index (χ1) is 9.50. The van der Waals surface area contributed by atoms with Gasteiger partial charge in [-0.3, -0.25) is 0 Å². The van der Waals surface area contributed by atoms with Gasteiger partial charge < -0.3 is 10.5 Å². The number of rotatable bonds is 4. The molecule has 2 N–H and O–H groups in total. The third-order valence-electron chi connectivity index (χ3n) is 2.79. The molecular weight excluding hydrogens is 307 g/mol. The maximum atomic E-state index is 12.4. The third-order valence-corrected chi connectivity index (χ3v) is 3.62. The standard InChI is InChI=1S/C14H11Cl2F2NO/c15-10-6-3-5-9(12(10)16)13(19)8-4-1-2-7-11(8)20-14(17)18/h1-7,13-14H,19H2. The molecule has 0 aliphatic carbocycles. The fourth-order valence-electron chi connectivity index (χ4n) is 1.87. The van der Waals surface area contributed by atoms with E-state index < -0.39 is 12.7 Å². The van der Waals surface area contributed by atoms with E-state index >= 15 is 0 Å². The van der Waals surface area contributed by atoms with E-state index in [-0.39, 0.29) is 5.75 Å². The highest BCUT2D eigenvalue weighted by Crippen LogP contribution is 2.35. The molecule has 0 spiro atoms. The van der Waals surface area contributed by atoms with E-state index in [9.17, 15) is 8.78 Å². The minimum atomic E-state index is -2.92. The smallest absolute Gasteiger partial charge is 0.387 e.